The molecule has 2 aromatic carbocycles. The summed E-state index contributed by atoms with van der Waals surface area (Å²) in [4.78, 5) is 15.4. The van der Waals surface area contributed by atoms with Gasteiger partial charge in [-0.1, -0.05) is 29.8 Å². The first kappa shape index (κ1) is 16.2. The van der Waals surface area contributed by atoms with E-state index in [1.165, 1.54) is 22.6 Å². The molecule has 0 spiro atoms. The van der Waals surface area contributed by atoms with Crippen molar-refractivity contribution in [1.29, 1.82) is 0 Å². The number of benzene rings is 2. The van der Waals surface area contributed by atoms with Crippen LogP contribution < -0.4 is 5.32 Å². The van der Waals surface area contributed by atoms with Crippen molar-refractivity contribution in [1.82, 2.24) is 10.3 Å². The van der Waals surface area contributed by atoms with Gasteiger partial charge in [0, 0.05) is 23.1 Å². The second-order valence-corrected chi connectivity index (χ2v) is 6.15. The van der Waals surface area contributed by atoms with E-state index in [1.807, 2.05) is 6.92 Å². The Morgan fingerprint density at radius 2 is 1.96 bits per heavy atom. The normalized spacial score (nSPS) is 11.0. The quantitative estimate of drug-likeness (QED) is 0.736. The van der Waals surface area contributed by atoms with Gasteiger partial charge in [0.05, 0.1) is 6.42 Å². The van der Waals surface area contributed by atoms with E-state index in [4.69, 9.17) is 0 Å². The van der Waals surface area contributed by atoms with Crippen LogP contribution in [0.1, 0.15) is 22.4 Å². The van der Waals surface area contributed by atoms with Crippen molar-refractivity contribution in [3.63, 3.8) is 0 Å². The van der Waals surface area contributed by atoms with Crippen LogP contribution in [0.2, 0.25) is 0 Å². The zero-order chi connectivity index (χ0) is 17.1. The molecular formula is C20H21FN2O. The van der Waals surface area contributed by atoms with Gasteiger partial charge in [0.25, 0.3) is 0 Å². The fraction of sp³-hybridized carbons (Fsp3) is 0.250. The molecule has 0 radical (unpaired) electrons. The fourth-order valence-corrected chi connectivity index (χ4v) is 3.02. The predicted octanol–water partition coefficient (Wildman–Crippen LogP) is 3.83. The average Bonchev–Trinajstić information content (AvgIpc) is 2.85. The number of aromatic amines is 1. The molecule has 124 valence electrons. The SMILES string of the molecule is Cc1ccc2[nH]c(C)c(CCNC(=O)Cc3ccccc3F)c2c1. The maximum absolute atomic E-state index is 13.6. The summed E-state index contributed by atoms with van der Waals surface area (Å²) in [6.45, 7) is 4.66. The number of aryl methyl sites for hydroxylation is 2. The van der Waals surface area contributed by atoms with Gasteiger partial charge in [-0.25, -0.2) is 4.39 Å². The number of H-pyrrole nitrogens is 1. The lowest BCUT2D eigenvalue weighted by molar-refractivity contribution is -0.120. The minimum atomic E-state index is -0.337. The summed E-state index contributed by atoms with van der Waals surface area (Å²) in [6, 6.07) is 12.7. The Morgan fingerprint density at radius 1 is 1.17 bits per heavy atom. The number of halogens is 1. The molecule has 1 aromatic heterocycles. The Morgan fingerprint density at radius 3 is 2.75 bits per heavy atom. The summed E-state index contributed by atoms with van der Waals surface area (Å²) in [5, 5.41) is 4.09. The monoisotopic (exact) mass is 324 g/mol. The molecule has 1 heterocycles. The Bertz CT molecular complexity index is 882. The van der Waals surface area contributed by atoms with Gasteiger partial charge < -0.3 is 10.3 Å². The van der Waals surface area contributed by atoms with E-state index in [0.717, 1.165) is 17.6 Å². The lowest BCUT2D eigenvalue weighted by Gasteiger charge is -2.07. The van der Waals surface area contributed by atoms with Crippen molar-refractivity contribution >= 4 is 16.8 Å². The molecule has 2 N–H and O–H groups in total. The van der Waals surface area contributed by atoms with E-state index in [0.29, 0.717) is 12.1 Å². The van der Waals surface area contributed by atoms with E-state index >= 15 is 0 Å². The van der Waals surface area contributed by atoms with Crippen molar-refractivity contribution in [3.8, 4) is 0 Å². The lowest BCUT2D eigenvalue weighted by Crippen LogP contribution is -2.27. The first-order valence-electron chi connectivity index (χ1n) is 8.12. The van der Waals surface area contributed by atoms with E-state index < -0.39 is 0 Å². The van der Waals surface area contributed by atoms with Crippen LogP contribution in [0.3, 0.4) is 0 Å². The Kier molecular flexibility index (Phi) is 4.65. The number of hydrogen-bond donors (Lipinski definition) is 2. The molecule has 0 bridgehead atoms. The number of aromatic nitrogens is 1. The van der Waals surface area contributed by atoms with Gasteiger partial charge in [-0.3, -0.25) is 4.79 Å². The summed E-state index contributed by atoms with van der Waals surface area (Å²) in [6.07, 6.45) is 0.816. The zero-order valence-electron chi connectivity index (χ0n) is 13.9. The third-order valence-corrected chi connectivity index (χ3v) is 4.28. The van der Waals surface area contributed by atoms with Gasteiger partial charge in [-0.15, -0.1) is 0 Å². The first-order valence-corrected chi connectivity index (χ1v) is 8.12. The molecule has 24 heavy (non-hydrogen) atoms. The number of amides is 1. The van der Waals surface area contributed by atoms with E-state index in [9.17, 15) is 9.18 Å². The molecule has 0 saturated carbocycles. The molecule has 4 heteroatoms. The third-order valence-electron chi connectivity index (χ3n) is 4.28. The van der Waals surface area contributed by atoms with Crippen LogP contribution in [0.15, 0.2) is 42.5 Å². The Labute approximate surface area is 140 Å². The highest BCUT2D eigenvalue weighted by molar-refractivity contribution is 5.85. The van der Waals surface area contributed by atoms with Gasteiger partial charge in [0.1, 0.15) is 5.82 Å². The minimum absolute atomic E-state index is 0.0681. The van der Waals surface area contributed by atoms with E-state index in [1.54, 1.807) is 18.2 Å². The second-order valence-electron chi connectivity index (χ2n) is 6.15. The number of carbonyl (C=O) groups excluding carboxylic acids is 1. The summed E-state index contributed by atoms with van der Waals surface area (Å²) in [7, 11) is 0. The highest BCUT2D eigenvalue weighted by Gasteiger charge is 2.10. The number of fused-ring (bicyclic) bond motifs is 1. The molecule has 3 rings (SSSR count). The summed E-state index contributed by atoms with van der Waals surface area (Å²) < 4.78 is 13.6. The molecule has 3 nitrogen and oxygen atoms in total. The first-order chi connectivity index (χ1) is 11.5. The summed E-state index contributed by atoms with van der Waals surface area (Å²) in [5.41, 5.74) is 5.10. The Balaban J connectivity index is 1.62. The number of hydrogen-bond acceptors (Lipinski definition) is 1. The standard InChI is InChI=1S/C20H21FN2O/c1-13-7-8-19-17(11-13)16(14(2)23-19)9-10-22-20(24)12-15-5-3-4-6-18(15)21/h3-8,11,23H,9-10,12H2,1-2H3,(H,22,24). The molecular weight excluding hydrogens is 303 g/mol. The van der Waals surface area contributed by atoms with Crippen LogP contribution in [0, 0.1) is 19.7 Å². The number of nitrogens with one attached hydrogen (secondary N) is 2. The molecule has 1 amide bonds. The minimum Gasteiger partial charge on any atom is -0.358 e. The van der Waals surface area contributed by atoms with Crippen LogP contribution in [-0.2, 0) is 17.6 Å². The molecule has 0 saturated heterocycles. The van der Waals surface area contributed by atoms with Crippen molar-refractivity contribution in [2.45, 2.75) is 26.7 Å². The average molecular weight is 324 g/mol. The van der Waals surface area contributed by atoms with Crippen molar-refractivity contribution in [2.75, 3.05) is 6.54 Å². The molecule has 0 aliphatic rings. The van der Waals surface area contributed by atoms with Gasteiger partial charge in [0.15, 0.2) is 0 Å². The second kappa shape index (κ2) is 6.87. The Hall–Kier alpha value is -2.62. The maximum Gasteiger partial charge on any atom is 0.224 e. The highest BCUT2D eigenvalue weighted by Crippen LogP contribution is 2.23. The van der Waals surface area contributed by atoms with E-state index in [2.05, 4.69) is 35.4 Å². The molecule has 0 aliphatic heterocycles. The third kappa shape index (κ3) is 3.48. The van der Waals surface area contributed by atoms with Crippen molar-refractivity contribution < 1.29 is 9.18 Å². The van der Waals surface area contributed by atoms with E-state index in [-0.39, 0.29) is 18.1 Å². The maximum atomic E-state index is 13.6. The molecule has 0 fully saturated rings. The van der Waals surface area contributed by atoms with Gasteiger partial charge in [0.2, 0.25) is 5.91 Å². The topological polar surface area (TPSA) is 44.9 Å². The highest BCUT2D eigenvalue weighted by atomic mass is 19.1. The van der Waals surface area contributed by atoms with Gasteiger partial charge in [-0.2, -0.15) is 0 Å². The summed E-state index contributed by atoms with van der Waals surface area (Å²) in [5.74, 6) is -0.496. The predicted molar refractivity (Wildman–Crippen MR) is 94.6 cm³/mol. The van der Waals surface area contributed by atoms with Gasteiger partial charge in [-0.05, 0) is 49.6 Å². The number of rotatable bonds is 5. The van der Waals surface area contributed by atoms with Crippen LogP contribution in [-0.4, -0.2) is 17.4 Å². The number of carbonyl (C=O) groups is 1. The lowest BCUT2D eigenvalue weighted by atomic mass is 10.1. The van der Waals surface area contributed by atoms with Crippen LogP contribution in [0.25, 0.3) is 10.9 Å². The smallest absolute Gasteiger partial charge is 0.224 e. The molecule has 0 aliphatic carbocycles. The fourth-order valence-electron chi connectivity index (χ4n) is 3.02. The van der Waals surface area contributed by atoms with Gasteiger partial charge >= 0.3 is 0 Å². The molecule has 0 unspecified atom stereocenters. The molecule has 0 atom stereocenters. The molecule has 3 aromatic rings. The van der Waals surface area contributed by atoms with Crippen molar-refractivity contribution in [2.24, 2.45) is 0 Å². The largest absolute Gasteiger partial charge is 0.358 e. The van der Waals surface area contributed by atoms with Crippen LogP contribution in [0.4, 0.5) is 4.39 Å². The van der Waals surface area contributed by atoms with Crippen molar-refractivity contribution in [3.05, 3.63) is 70.7 Å². The van der Waals surface area contributed by atoms with Crippen LogP contribution >= 0.6 is 0 Å². The summed E-state index contributed by atoms with van der Waals surface area (Å²) >= 11 is 0. The zero-order valence-corrected chi connectivity index (χ0v) is 13.9. The van der Waals surface area contributed by atoms with Crippen LogP contribution in [0.5, 0.6) is 0 Å².